The number of nitrogens with zero attached hydrogens (tertiary/aromatic N) is 13. The molecule has 8 N–H and O–H groups in total. The molecule has 4 fully saturated rings. The van der Waals surface area contributed by atoms with E-state index in [1.807, 2.05) is 88.7 Å². The van der Waals surface area contributed by atoms with E-state index in [0.717, 1.165) is 22.3 Å². The molecule has 2 bridgehead atoms. The van der Waals surface area contributed by atoms with Crippen molar-refractivity contribution in [2.24, 2.45) is 35.5 Å². The van der Waals surface area contributed by atoms with Gasteiger partial charge in [0, 0.05) is 135 Å². The van der Waals surface area contributed by atoms with Crippen molar-refractivity contribution >= 4 is 92.9 Å². The molecule has 38 heteroatoms. The van der Waals surface area contributed by atoms with Crippen LogP contribution in [0.15, 0.2) is 120 Å². The van der Waals surface area contributed by atoms with E-state index in [-0.39, 0.29) is 118 Å². The molecule has 10 heterocycles. The molecular formula is C101H136N16O22. The first-order valence-corrected chi connectivity index (χ1v) is 48.6. The van der Waals surface area contributed by atoms with Crippen molar-refractivity contribution in [1.29, 1.82) is 0 Å². The van der Waals surface area contributed by atoms with E-state index in [1.54, 1.807) is 66.5 Å². The minimum atomic E-state index is -2.50. The number of carbonyl (C=O) groups excluding carboxylic acids is 8. The molecule has 6 aliphatic rings. The second kappa shape index (κ2) is 50.2. The molecule has 7 aromatic rings. The van der Waals surface area contributed by atoms with Crippen LogP contribution in [0.1, 0.15) is 171 Å². The summed E-state index contributed by atoms with van der Waals surface area (Å²) in [7, 11) is 4.49. The topological polar surface area (TPSA) is 488 Å². The lowest BCUT2D eigenvalue weighted by atomic mass is 9.78. The number of hydrogen-bond acceptors (Lipinski definition) is 34. The van der Waals surface area contributed by atoms with Gasteiger partial charge >= 0.3 is 11.9 Å². The van der Waals surface area contributed by atoms with Gasteiger partial charge in [-0.2, -0.15) is 10.1 Å². The summed E-state index contributed by atoms with van der Waals surface area (Å²) in [5.41, 5.74) is 20.8. The second-order valence-corrected chi connectivity index (χ2v) is 37.5. The van der Waals surface area contributed by atoms with E-state index in [9.17, 15) is 53.7 Å². The van der Waals surface area contributed by atoms with Crippen molar-refractivity contribution in [3.63, 3.8) is 0 Å². The number of allylic oxidation sites excluding steroid dienone is 6. The number of cyclic esters (lactones) is 1. The number of hydrogen-bond donors (Lipinski definition) is 6. The summed E-state index contributed by atoms with van der Waals surface area (Å²) in [6.07, 6.45) is 18.6. The monoisotopic (exact) mass is 1930 g/mol. The van der Waals surface area contributed by atoms with Crippen LogP contribution in [0, 0.1) is 35.5 Å². The van der Waals surface area contributed by atoms with Gasteiger partial charge in [-0.25, -0.2) is 39.4 Å². The number of rotatable bonds is 32. The SMILES string of the molecule is CO[C@H]1C[C@@H]2CC[C@@H](C)[C@@](O)(O2)C(=O)C(=O)N2CCCC[C@H]2C(=O)O[C@H]([C@H](C)C[C@@H]2CC[C@@H](OC(=O)CCc3cnc(N4CCN(c5ncc(C(=O)NCCOCCOCCOCCOCCC(=O)N6CCc7cc(Cn8nc(-c9ccc%10oc(N)nc%10c9)c9c(N)ncnc98)ccc7C6)cn5)CC4CO)nc3)[C@H](OC)C2)CC(=O)[C@H](C)/C=C(\C)[C@@H](O)[C@@H](OC)C(=O)[C@H](C)C[C@H](C)/C=C/C=C/C=C/1C. The van der Waals surface area contributed by atoms with Crippen molar-refractivity contribution in [3.8, 4) is 11.3 Å². The molecule has 1 unspecified atom stereocenters. The van der Waals surface area contributed by atoms with Gasteiger partial charge in [0.1, 0.15) is 59.6 Å². The number of esters is 2. The largest absolute Gasteiger partial charge is 0.460 e. The predicted molar refractivity (Wildman–Crippen MR) is 514 cm³/mol. The molecule has 752 valence electrons. The zero-order chi connectivity index (χ0) is 99.0. The number of ether oxygens (including phenoxy) is 10. The first-order valence-electron chi connectivity index (χ1n) is 48.6. The average molecular weight is 1930 g/mol. The molecular weight excluding hydrogens is 1790 g/mol. The summed E-state index contributed by atoms with van der Waals surface area (Å²) < 4.78 is 66.3. The zero-order valence-electron chi connectivity index (χ0n) is 81.4. The van der Waals surface area contributed by atoms with Gasteiger partial charge in [0.2, 0.25) is 23.6 Å². The number of nitrogens with one attached hydrogen (secondary N) is 1. The molecule has 5 aliphatic heterocycles. The standard InChI is InChI=1S/C101H136N16O22/c1-61-16-12-11-13-17-62(2)82(129-8)50-76-25-19-67(7)101(128,139-76)92(124)96(126)116-32-15-14-18-78(116)97(127)137-83(51-79(119)63(3)45-66(6)90(123)91(131-10)89(122)65(5)44-61)64(4)46-68-21-26-81(84(48-68)130-9)136-86(121)28-22-70-52-105-100(106-53-70)115-35-34-114(58-75(115)59-118)99-107-54-74(55-108-99)95(125)104-31-37-133-39-41-135-43-42-134-40-38-132-36-30-85(120)113-33-29-71-47-69(20-23-73(71)57-113)56-117-94-87(93(102)109-60-110-94)88(112-117)72-24-27-80-77(49-72)111-98(103)138-80/h11-13,16-17,20,23-24,27,45,47,49,52-55,60-61,63-65,67-68,75-76,78,81-84,90-91,118,123,128H,14-15,18-19,21-22,25-26,28-44,46,48,50-51,56-59H2,1-10H3,(H2,103,111)(H,104,125)(H2,102,109,110)/b13-11+,16-12+,62-17+,66-45+/t61-,63-,64-,65-,67-,68+,75?,76+,78+,81-,82+,83+,84-,90-,91+,101-/m1/s1. The Balaban J connectivity index is 0.502. The van der Waals surface area contributed by atoms with Gasteiger partial charge in [-0.1, -0.05) is 89.3 Å². The quantitative estimate of drug-likeness (QED) is 0.00994. The molecule has 38 nitrogen and oxygen atoms in total. The summed E-state index contributed by atoms with van der Waals surface area (Å²) in [4.78, 5) is 151. The highest BCUT2D eigenvalue weighted by molar-refractivity contribution is 6.39. The predicted octanol–water partition coefficient (Wildman–Crippen LogP) is 8.56. The van der Waals surface area contributed by atoms with Crippen LogP contribution in [-0.2, 0) is 107 Å². The third-order valence-electron chi connectivity index (χ3n) is 27.5. The van der Waals surface area contributed by atoms with Gasteiger partial charge in [-0.15, -0.1) is 0 Å². The molecule has 5 aromatic heterocycles. The smallest absolute Gasteiger partial charge is 0.329 e. The lowest BCUT2D eigenvalue weighted by Gasteiger charge is -2.42. The number of aliphatic hydroxyl groups is 3. The average Bonchev–Trinajstić information content (AvgIpc) is 1.66. The summed E-state index contributed by atoms with van der Waals surface area (Å²) >= 11 is 0. The Hall–Kier alpha value is -11.3. The van der Waals surface area contributed by atoms with E-state index >= 15 is 0 Å². The number of fused-ring (bicyclic) bond motifs is 6. The minimum Gasteiger partial charge on any atom is -0.460 e. The van der Waals surface area contributed by atoms with E-state index in [4.69, 9.17) is 68.4 Å². The molecule has 1 aliphatic carbocycles. The van der Waals surface area contributed by atoms with Gasteiger partial charge in [-0.05, 0) is 160 Å². The van der Waals surface area contributed by atoms with Crippen LogP contribution in [0.2, 0.25) is 0 Å². The number of oxazole rings is 1. The molecule has 0 spiro atoms. The highest BCUT2D eigenvalue weighted by Gasteiger charge is 2.54. The van der Waals surface area contributed by atoms with E-state index in [1.165, 1.54) is 36.3 Å². The maximum Gasteiger partial charge on any atom is 0.329 e. The van der Waals surface area contributed by atoms with Gasteiger partial charge in [-0.3, -0.25) is 33.6 Å². The fourth-order valence-corrected chi connectivity index (χ4v) is 19.3. The van der Waals surface area contributed by atoms with Crippen molar-refractivity contribution in [3.05, 3.63) is 143 Å². The summed E-state index contributed by atoms with van der Waals surface area (Å²) in [6, 6.07) is 10.2. The number of methoxy groups -OCH3 is 3. The third-order valence-corrected chi connectivity index (χ3v) is 27.5. The summed E-state index contributed by atoms with van der Waals surface area (Å²) in [5, 5.41) is 42.9. The number of aryl methyl sites for hydroxylation is 1. The molecule has 16 atom stereocenters. The van der Waals surface area contributed by atoms with Crippen molar-refractivity contribution in [2.45, 2.75) is 225 Å². The lowest BCUT2D eigenvalue weighted by molar-refractivity contribution is -0.265. The highest BCUT2D eigenvalue weighted by atomic mass is 16.6. The number of nitrogen functional groups attached to an aromatic ring is 2. The van der Waals surface area contributed by atoms with Crippen LogP contribution in [-0.4, -0.2) is 297 Å². The third kappa shape index (κ3) is 27.5. The van der Waals surface area contributed by atoms with Gasteiger partial charge in [0.15, 0.2) is 17.0 Å². The number of benzene rings is 2. The van der Waals surface area contributed by atoms with Crippen LogP contribution in [0.3, 0.4) is 0 Å². The number of anilines is 4. The normalized spacial score (nSPS) is 26.8. The van der Waals surface area contributed by atoms with Gasteiger partial charge in [0.05, 0.1) is 108 Å². The number of ketones is 3. The molecule has 139 heavy (non-hydrogen) atoms. The zero-order valence-corrected chi connectivity index (χ0v) is 81.4. The second-order valence-electron chi connectivity index (χ2n) is 37.5. The number of carbonyl (C=O) groups is 8. The van der Waals surface area contributed by atoms with E-state index in [0.29, 0.717) is 200 Å². The van der Waals surface area contributed by atoms with Crippen molar-refractivity contribution in [1.82, 2.24) is 59.8 Å². The maximum absolute atomic E-state index is 14.9. The Labute approximate surface area is 810 Å². The highest BCUT2D eigenvalue weighted by Crippen LogP contribution is 2.41. The van der Waals surface area contributed by atoms with E-state index in [2.05, 4.69) is 52.3 Å². The number of piperidine rings is 1. The number of nitrogens with two attached hydrogens (primary N) is 2. The van der Waals surface area contributed by atoms with Crippen molar-refractivity contribution in [2.75, 3.05) is 141 Å². The van der Waals surface area contributed by atoms with Crippen LogP contribution >= 0.6 is 0 Å². The maximum atomic E-state index is 14.9. The first kappa shape index (κ1) is 105. The number of aromatic nitrogens is 9. The molecule has 0 radical (unpaired) electrons. The van der Waals surface area contributed by atoms with Crippen LogP contribution < -0.4 is 26.6 Å². The fraction of sp³-hybridized carbons (Fsp3) is 0.584. The molecule has 13 rings (SSSR count). The van der Waals surface area contributed by atoms with Crippen molar-refractivity contribution < 1.29 is 105 Å². The summed E-state index contributed by atoms with van der Waals surface area (Å²) in [5.74, 6) is -8.52. The van der Waals surface area contributed by atoms with Crippen LogP contribution in [0.4, 0.5) is 23.7 Å². The number of aliphatic hydroxyl groups excluding tert-OH is 2. The Morgan fingerprint density at radius 2 is 1.46 bits per heavy atom. The van der Waals surface area contributed by atoms with Crippen LogP contribution in [0.25, 0.3) is 33.4 Å². The first-order chi connectivity index (χ1) is 67.0. The Kier molecular flexibility index (Phi) is 37.9. The number of Topliss-reactive ketones (excluding diaryl/α,β-unsaturated/α-hetero) is 3. The molecule has 1 saturated carbocycles. The fourth-order valence-electron chi connectivity index (χ4n) is 19.3. The Morgan fingerprint density at radius 1 is 0.719 bits per heavy atom. The number of piperazine rings is 1. The number of amides is 3. The van der Waals surface area contributed by atoms with Crippen LogP contribution in [0.5, 0.6) is 0 Å². The van der Waals surface area contributed by atoms with Gasteiger partial charge < -0.3 is 103 Å². The molecule has 2 aromatic carbocycles. The van der Waals surface area contributed by atoms with E-state index < -0.39 is 108 Å². The Morgan fingerprint density at radius 3 is 2.19 bits per heavy atom. The minimum absolute atomic E-state index is 0.0231. The lowest BCUT2D eigenvalue weighted by Crippen LogP contribution is -2.61. The summed E-state index contributed by atoms with van der Waals surface area (Å²) in [6.45, 7) is 17.9. The Bertz CT molecular complexity index is 5480. The molecule has 3 amide bonds. The molecule has 3 saturated heterocycles. The van der Waals surface area contributed by atoms with Gasteiger partial charge in [0.25, 0.3) is 23.6 Å².